The van der Waals surface area contributed by atoms with Crippen LogP contribution >= 0.6 is 0 Å². The molecule has 1 aliphatic rings. The van der Waals surface area contributed by atoms with E-state index in [-0.39, 0.29) is 0 Å². The van der Waals surface area contributed by atoms with Gasteiger partial charge in [-0.2, -0.15) is 0 Å². The molecule has 0 aromatic carbocycles. The zero-order chi connectivity index (χ0) is 18.2. The molecule has 0 saturated heterocycles. The Morgan fingerprint density at radius 1 is 0.520 bits per heavy atom. The number of hydrogen-bond acceptors (Lipinski definition) is 2. The highest BCUT2D eigenvalue weighted by Gasteiger charge is 2.24. The van der Waals surface area contributed by atoms with Gasteiger partial charge in [-0.15, -0.1) is 0 Å². The first-order valence-electron chi connectivity index (χ1n) is 11.5. The Kier molecular flexibility index (Phi) is 14.0. The zero-order valence-corrected chi connectivity index (χ0v) is 17.6. The molecular weight excluding hydrogens is 304 g/mol. The Hall–Kier alpha value is -0.660. The average molecular weight is 351 g/mol. The zero-order valence-electron chi connectivity index (χ0n) is 17.6. The topological polar surface area (TPSA) is 6.48 Å². The molecule has 0 N–H and O–H groups in total. The van der Waals surface area contributed by atoms with Gasteiger partial charge in [-0.05, 0) is 25.7 Å². The van der Waals surface area contributed by atoms with Gasteiger partial charge in [0.2, 0.25) is 0 Å². The summed E-state index contributed by atoms with van der Waals surface area (Å²) in [6.07, 6.45) is 26.2. The maximum atomic E-state index is 2.63. The second-order valence-corrected chi connectivity index (χ2v) is 7.93. The summed E-state index contributed by atoms with van der Waals surface area (Å²) in [4.78, 5) is 5.24. The van der Waals surface area contributed by atoms with E-state index in [0.29, 0.717) is 6.17 Å². The minimum atomic E-state index is 0.646. The molecule has 25 heavy (non-hydrogen) atoms. The lowest BCUT2D eigenvalue weighted by Crippen LogP contribution is -2.39. The lowest BCUT2D eigenvalue weighted by atomic mass is 10.1. The van der Waals surface area contributed by atoms with E-state index in [2.05, 4.69) is 43.0 Å². The standard InChI is InChI=1S/C23H46N2/c1-4-7-10-11-12-13-14-15-17-20-25-22-21-24(19-9-6-3)23(25)18-16-8-5-2/h21-23H,4-20H2,1-3H3. The molecule has 0 bridgehead atoms. The average Bonchev–Trinajstić information content (AvgIpc) is 3.00. The van der Waals surface area contributed by atoms with Crippen LogP contribution in [-0.2, 0) is 0 Å². The van der Waals surface area contributed by atoms with Crippen molar-refractivity contribution in [1.82, 2.24) is 9.80 Å². The first-order valence-corrected chi connectivity index (χ1v) is 11.5. The maximum Gasteiger partial charge on any atom is 0.101 e. The summed E-state index contributed by atoms with van der Waals surface area (Å²) in [5.41, 5.74) is 0. The highest BCUT2D eigenvalue weighted by molar-refractivity contribution is 4.96. The quantitative estimate of drug-likeness (QED) is 0.254. The summed E-state index contributed by atoms with van der Waals surface area (Å²) < 4.78 is 0. The van der Waals surface area contributed by atoms with Crippen LogP contribution in [0.5, 0.6) is 0 Å². The van der Waals surface area contributed by atoms with Crippen molar-refractivity contribution < 1.29 is 0 Å². The van der Waals surface area contributed by atoms with Crippen LogP contribution in [0.4, 0.5) is 0 Å². The number of nitrogens with zero attached hydrogens (tertiary/aromatic N) is 2. The lowest BCUT2D eigenvalue weighted by Gasteiger charge is -2.33. The van der Waals surface area contributed by atoms with Gasteiger partial charge in [0, 0.05) is 25.5 Å². The van der Waals surface area contributed by atoms with Crippen LogP contribution in [0, 0.1) is 0 Å². The van der Waals surface area contributed by atoms with E-state index in [4.69, 9.17) is 0 Å². The Bertz CT molecular complexity index is 313. The first kappa shape index (κ1) is 22.4. The molecule has 1 aliphatic heterocycles. The third-order valence-electron chi connectivity index (χ3n) is 5.57. The van der Waals surface area contributed by atoms with Crippen molar-refractivity contribution in [2.45, 2.75) is 123 Å². The van der Waals surface area contributed by atoms with Gasteiger partial charge in [0.15, 0.2) is 0 Å². The second kappa shape index (κ2) is 15.6. The molecule has 0 spiro atoms. The van der Waals surface area contributed by atoms with Crippen LogP contribution in [0.3, 0.4) is 0 Å². The minimum absolute atomic E-state index is 0.646. The molecule has 2 nitrogen and oxygen atoms in total. The minimum Gasteiger partial charge on any atom is -0.356 e. The Morgan fingerprint density at radius 3 is 1.52 bits per heavy atom. The molecular formula is C23H46N2. The summed E-state index contributed by atoms with van der Waals surface area (Å²) in [7, 11) is 0. The number of hydrogen-bond donors (Lipinski definition) is 0. The van der Waals surface area contributed by atoms with E-state index in [0.717, 1.165) is 0 Å². The third kappa shape index (κ3) is 10.2. The van der Waals surface area contributed by atoms with Gasteiger partial charge in [-0.1, -0.05) is 91.4 Å². The molecule has 0 radical (unpaired) electrons. The molecule has 0 aromatic heterocycles. The van der Waals surface area contributed by atoms with E-state index in [1.807, 2.05) is 0 Å². The van der Waals surface area contributed by atoms with Crippen molar-refractivity contribution in [2.75, 3.05) is 13.1 Å². The molecule has 1 heterocycles. The fourth-order valence-corrected chi connectivity index (χ4v) is 3.86. The molecule has 148 valence electrons. The molecule has 0 saturated carbocycles. The van der Waals surface area contributed by atoms with Crippen LogP contribution in [0.1, 0.15) is 117 Å². The van der Waals surface area contributed by atoms with Gasteiger partial charge in [0.1, 0.15) is 6.17 Å². The normalized spacial score (nSPS) is 17.0. The monoisotopic (exact) mass is 350 g/mol. The van der Waals surface area contributed by atoms with Crippen LogP contribution in [0.25, 0.3) is 0 Å². The van der Waals surface area contributed by atoms with Gasteiger partial charge < -0.3 is 9.80 Å². The Balaban J connectivity index is 2.17. The van der Waals surface area contributed by atoms with Crippen LogP contribution in [0.15, 0.2) is 12.4 Å². The Morgan fingerprint density at radius 2 is 0.960 bits per heavy atom. The van der Waals surface area contributed by atoms with Crippen molar-refractivity contribution >= 4 is 0 Å². The molecule has 2 heteroatoms. The van der Waals surface area contributed by atoms with E-state index in [9.17, 15) is 0 Å². The summed E-state index contributed by atoms with van der Waals surface area (Å²) >= 11 is 0. The van der Waals surface area contributed by atoms with Crippen molar-refractivity contribution in [3.8, 4) is 0 Å². The highest BCUT2D eigenvalue weighted by Crippen LogP contribution is 2.23. The number of unbranched alkanes of at least 4 members (excludes halogenated alkanes) is 11. The molecule has 1 unspecified atom stereocenters. The number of rotatable bonds is 17. The van der Waals surface area contributed by atoms with Crippen molar-refractivity contribution in [1.29, 1.82) is 0 Å². The molecule has 1 rings (SSSR count). The smallest absolute Gasteiger partial charge is 0.101 e. The van der Waals surface area contributed by atoms with E-state index >= 15 is 0 Å². The van der Waals surface area contributed by atoms with E-state index in [1.165, 1.54) is 109 Å². The highest BCUT2D eigenvalue weighted by atomic mass is 15.4. The van der Waals surface area contributed by atoms with Crippen LogP contribution in [0.2, 0.25) is 0 Å². The second-order valence-electron chi connectivity index (χ2n) is 7.93. The molecule has 0 amide bonds. The predicted molar refractivity (Wildman–Crippen MR) is 113 cm³/mol. The lowest BCUT2D eigenvalue weighted by molar-refractivity contribution is 0.136. The van der Waals surface area contributed by atoms with Crippen LogP contribution < -0.4 is 0 Å². The van der Waals surface area contributed by atoms with Gasteiger partial charge in [0.05, 0.1) is 0 Å². The fourth-order valence-electron chi connectivity index (χ4n) is 3.86. The summed E-state index contributed by atoms with van der Waals surface area (Å²) in [6.45, 7) is 9.39. The largest absolute Gasteiger partial charge is 0.356 e. The van der Waals surface area contributed by atoms with Crippen LogP contribution in [-0.4, -0.2) is 29.1 Å². The first-order chi connectivity index (χ1) is 12.3. The molecule has 1 atom stereocenters. The third-order valence-corrected chi connectivity index (χ3v) is 5.57. The SMILES string of the molecule is CCCCCCCCCCCN1C=CN(CCCC)C1CCCCC. The van der Waals surface area contributed by atoms with Gasteiger partial charge in [-0.3, -0.25) is 0 Å². The van der Waals surface area contributed by atoms with Crippen molar-refractivity contribution in [3.05, 3.63) is 12.4 Å². The summed E-state index contributed by atoms with van der Waals surface area (Å²) in [6, 6.07) is 0. The van der Waals surface area contributed by atoms with E-state index in [1.54, 1.807) is 0 Å². The summed E-state index contributed by atoms with van der Waals surface area (Å²) in [5.74, 6) is 0. The Labute approximate surface area is 159 Å². The maximum absolute atomic E-state index is 2.63. The predicted octanol–water partition coefficient (Wildman–Crippen LogP) is 7.31. The van der Waals surface area contributed by atoms with Gasteiger partial charge in [0.25, 0.3) is 0 Å². The van der Waals surface area contributed by atoms with Gasteiger partial charge >= 0.3 is 0 Å². The van der Waals surface area contributed by atoms with Crippen molar-refractivity contribution in [3.63, 3.8) is 0 Å². The fraction of sp³-hybridized carbons (Fsp3) is 0.913. The van der Waals surface area contributed by atoms with Gasteiger partial charge in [-0.25, -0.2) is 0 Å². The molecule has 0 aliphatic carbocycles. The van der Waals surface area contributed by atoms with E-state index < -0.39 is 0 Å². The molecule has 0 fully saturated rings. The van der Waals surface area contributed by atoms with Crippen molar-refractivity contribution in [2.24, 2.45) is 0 Å². The summed E-state index contributed by atoms with van der Waals surface area (Å²) in [5, 5.41) is 0. The molecule has 0 aromatic rings.